The fraction of sp³-hybridized carbons (Fsp3) is 0. The summed E-state index contributed by atoms with van der Waals surface area (Å²) in [6.07, 6.45) is 7.01. The molecule has 0 saturated carbocycles. The van der Waals surface area contributed by atoms with Crippen LogP contribution in [0.25, 0.3) is 21.8 Å². The van der Waals surface area contributed by atoms with Gasteiger partial charge in [0.25, 0.3) is 0 Å². The van der Waals surface area contributed by atoms with Gasteiger partial charge in [-0.05, 0) is 30.3 Å². The topological polar surface area (TPSA) is 63.6 Å². The minimum atomic E-state index is 0.573. The average molecular weight is 331 g/mol. The number of rotatable bonds is 4. The van der Waals surface area contributed by atoms with E-state index in [1.165, 1.54) is 0 Å². The zero-order valence-electron chi connectivity index (χ0n) is 12.6. The molecular weight excluding hydrogens is 318 g/mol. The van der Waals surface area contributed by atoms with Crippen LogP contribution in [0, 0.1) is 0 Å². The molecule has 0 unspecified atom stereocenters. The van der Waals surface area contributed by atoms with Crippen LogP contribution in [0.1, 0.15) is 0 Å². The first-order valence-corrected chi connectivity index (χ1v) is 8.27. The molecule has 0 fully saturated rings. The molecule has 0 aliphatic heterocycles. The molecule has 0 aliphatic rings. The predicted molar refractivity (Wildman–Crippen MR) is 96.1 cm³/mol. The lowest BCUT2D eigenvalue weighted by atomic mass is 10.1. The Kier molecular flexibility index (Phi) is 3.95. The van der Waals surface area contributed by atoms with Gasteiger partial charge in [0.15, 0.2) is 0 Å². The van der Waals surface area contributed by atoms with Crippen LogP contribution in [0.5, 0.6) is 0 Å². The number of hydrogen-bond acceptors (Lipinski definition) is 6. The second kappa shape index (κ2) is 6.55. The summed E-state index contributed by atoms with van der Waals surface area (Å²) in [6, 6.07) is 13.8. The van der Waals surface area contributed by atoms with Gasteiger partial charge in [-0.1, -0.05) is 12.1 Å². The van der Waals surface area contributed by atoms with E-state index in [1.54, 1.807) is 36.0 Å². The van der Waals surface area contributed by atoms with Gasteiger partial charge >= 0.3 is 0 Å². The summed E-state index contributed by atoms with van der Waals surface area (Å²) in [4.78, 5) is 17.2. The van der Waals surface area contributed by atoms with E-state index >= 15 is 0 Å². The van der Waals surface area contributed by atoms with Crippen molar-refractivity contribution in [1.29, 1.82) is 0 Å². The first-order valence-electron chi connectivity index (χ1n) is 7.39. The van der Waals surface area contributed by atoms with Crippen molar-refractivity contribution in [3.63, 3.8) is 0 Å². The second-order valence-electron chi connectivity index (χ2n) is 5.06. The van der Waals surface area contributed by atoms with Crippen molar-refractivity contribution in [2.45, 2.75) is 0 Å². The molecule has 6 heteroatoms. The number of benzene rings is 1. The first-order chi connectivity index (χ1) is 11.9. The highest BCUT2D eigenvalue weighted by molar-refractivity contribution is 7.13. The van der Waals surface area contributed by atoms with Gasteiger partial charge in [0.1, 0.15) is 5.01 Å². The monoisotopic (exact) mass is 331 g/mol. The summed E-state index contributed by atoms with van der Waals surface area (Å²) in [5.41, 5.74) is 3.94. The summed E-state index contributed by atoms with van der Waals surface area (Å²) in [5.74, 6) is 0.573. The average Bonchev–Trinajstić information content (AvgIpc) is 3.14. The third-order valence-electron chi connectivity index (χ3n) is 3.39. The van der Waals surface area contributed by atoms with E-state index in [-0.39, 0.29) is 0 Å². The largest absolute Gasteiger partial charge is 0.324 e. The van der Waals surface area contributed by atoms with Crippen LogP contribution in [0.4, 0.5) is 11.6 Å². The SMILES string of the molecule is c1cnc(Nc2cccc(-c3csc(-c4cccnc4)n3)c2)nc1. The van der Waals surface area contributed by atoms with Gasteiger partial charge in [-0.3, -0.25) is 4.98 Å². The number of thiazole rings is 1. The van der Waals surface area contributed by atoms with Crippen molar-refractivity contribution in [2.75, 3.05) is 5.32 Å². The molecule has 0 atom stereocenters. The number of nitrogens with zero attached hydrogens (tertiary/aromatic N) is 4. The van der Waals surface area contributed by atoms with E-state index in [1.807, 2.05) is 42.6 Å². The van der Waals surface area contributed by atoms with Crippen LogP contribution in [-0.2, 0) is 0 Å². The van der Waals surface area contributed by atoms with Gasteiger partial charge in [-0.25, -0.2) is 15.0 Å². The molecule has 1 N–H and O–H groups in total. The Morgan fingerprint density at radius 1 is 0.875 bits per heavy atom. The quantitative estimate of drug-likeness (QED) is 0.600. The molecule has 0 saturated heterocycles. The lowest BCUT2D eigenvalue weighted by molar-refractivity contribution is 1.17. The summed E-state index contributed by atoms with van der Waals surface area (Å²) in [6.45, 7) is 0. The maximum Gasteiger partial charge on any atom is 0.227 e. The number of pyridine rings is 1. The molecule has 0 spiro atoms. The highest BCUT2D eigenvalue weighted by Gasteiger charge is 2.07. The summed E-state index contributed by atoms with van der Waals surface area (Å²) in [7, 11) is 0. The molecule has 4 rings (SSSR count). The third kappa shape index (κ3) is 3.13. The zero-order chi connectivity index (χ0) is 16.2. The molecule has 3 aromatic heterocycles. The fourth-order valence-electron chi connectivity index (χ4n) is 2.28. The van der Waals surface area contributed by atoms with Crippen LogP contribution in [0.2, 0.25) is 0 Å². The molecule has 0 aliphatic carbocycles. The first kappa shape index (κ1) is 14.5. The van der Waals surface area contributed by atoms with Gasteiger partial charge < -0.3 is 5.32 Å². The number of nitrogens with one attached hydrogen (secondary N) is 1. The Labute approximate surface area is 143 Å². The fourth-order valence-corrected chi connectivity index (χ4v) is 3.10. The van der Waals surface area contributed by atoms with Crippen LogP contribution in [0.3, 0.4) is 0 Å². The Morgan fingerprint density at radius 3 is 2.58 bits per heavy atom. The summed E-state index contributed by atoms with van der Waals surface area (Å²) < 4.78 is 0. The number of hydrogen-bond donors (Lipinski definition) is 1. The maximum atomic E-state index is 4.72. The summed E-state index contributed by atoms with van der Waals surface area (Å²) in [5, 5.41) is 6.21. The lowest BCUT2D eigenvalue weighted by Crippen LogP contribution is -1.95. The van der Waals surface area contributed by atoms with Gasteiger partial charge in [0, 0.05) is 47.0 Å². The maximum absolute atomic E-state index is 4.72. The molecule has 0 radical (unpaired) electrons. The standard InChI is InChI=1S/C18H13N5S/c1-4-13(10-15(6-1)22-18-20-8-3-9-21-18)16-12-24-17(23-16)14-5-2-7-19-11-14/h1-12H,(H,20,21,22). The lowest BCUT2D eigenvalue weighted by Gasteiger charge is -2.05. The summed E-state index contributed by atoms with van der Waals surface area (Å²) >= 11 is 1.61. The van der Waals surface area contributed by atoms with Crippen molar-refractivity contribution in [2.24, 2.45) is 0 Å². The van der Waals surface area contributed by atoms with Crippen molar-refractivity contribution >= 4 is 23.0 Å². The Bertz CT molecular complexity index is 938. The van der Waals surface area contributed by atoms with E-state index < -0.39 is 0 Å². The van der Waals surface area contributed by atoms with Crippen LogP contribution in [0.15, 0.2) is 72.6 Å². The molecular formula is C18H13N5S. The van der Waals surface area contributed by atoms with Crippen LogP contribution in [-0.4, -0.2) is 19.9 Å². The predicted octanol–water partition coefficient (Wildman–Crippen LogP) is 4.41. The molecule has 5 nitrogen and oxygen atoms in total. The van der Waals surface area contributed by atoms with Gasteiger partial charge in [0.05, 0.1) is 5.69 Å². The van der Waals surface area contributed by atoms with Crippen molar-refractivity contribution in [3.8, 4) is 21.8 Å². The van der Waals surface area contributed by atoms with Crippen molar-refractivity contribution < 1.29 is 0 Å². The molecule has 3 heterocycles. The van der Waals surface area contributed by atoms with Gasteiger partial charge in [-0.15, -0.1) is 11.3 Å². The normalized spacial score (nSPS) is 10.5. The second-order valence-corrected chi connectivity index (χ2v) is 5.92. The highest BCUT2D eigenvalue weighted by atomic mass is 32.1. The van der Waals surface area contributed by atoms with E-state index in [2.05, 4.69) is 25.6 Å². The van der Waals surface area contributed by atoms with Crippen LogP contribution >= 0.6 is 11.3 Å². The van der Waals surface area contributed by atoms with E-state index in [9.17, 15) is 0 Å². The zero-order valence-corrected chi connectivity index (χ0v) is 13.4. The number of anilines is 2. The molecule has 24 heavy (non-hydrogen) atoms. The van der Waals surface area contributed by atoms with E-state index in [0.717, 1.165) is 27.5 Å². The highest BCUT2D eigenvalue weighted by Crippen LogP contribution is 2.29. The van der Waals surface area contributed by atoms with E-state index in [4.69, 9.17) is 4.98 Å². The van der Waals surface area contributed by atoms with Gasteiger partial charge in [0.2, 0.25) is 5.95 Å². The minimum Gasteiger partial charge on any atom is -0.324 e. The van der Waals surface area contributed by atoms with Crippen molar-refractivity contribution in [1.82, 2.24) is 19.9 Å². The third-order valence-corrected chi connectivity index (χ3v) is 4.28. The molecule has 0 bridgehead atoms. The molecule has 1 aromatic carbocycles. The van der Waals surface area contributed by atoms with Crippen molar-refractivity contribution in [3.05, 3.63) is 72.6 Å². The molecule has 4 aromatic rings. The van der Waals surface area contributed by atoms with E-state index in [0.29, 0.717) is 5.95 Å². The minimum absolute atomic E-state index is 0.573. The molecule has 0 amide bonds. The Balaban J connectivity index is 1.61. The number of aromatic nitrogens is 4. The smallest absolute Gasteiger partial charge is 0.227 e. The Morgan fingerprint density at radius 2 is 1.75 bits per heavy atom. The van der Waals surface area contributed by atoms with Gasteiger partial charge in [-0.2, -0.15) is 0 Å². The molecule has 116 valence electrons. The van der Waals surface area contributed by atoms with Crippen LogP contribution < -0.4 is 5.32 Å². The Hall–Kier alpha value is -3.12.